The minimum Gasteiger partial charge on any atom is -0.361 e. The maximum atomic E-state index is 12.8. The molecule has 0 spiro atoms. The average molecular weight is 345 g/mol. The van der Waals surface area contributed by atoms with E-state index in [0.717, 1.165) is 41.5 Å². The number of carbonyl (C=O) groups is 1. The van der Waals surface area contributed by atoms with E-state index in [2.05, 4.69) is 24.1 Å². The maximum absolute atomic E-state index is 12.8. The molecule has 0 bridgehead atoms. The molecule has 1 atom stereocenters. The zero-order chi connectivity index (χ0) is 18.1. The van der Waals surface area contributed by atoms with E-state index < -0.39 is 0 Å². The van der Waals surface area contributed by atoms with Crippen molar-refractivity contribution in [1.29, 1.82) is 0 Å². The number of fused-ring (bicyclic) bond motifs is 1. The Balaban J connectivity index is 1.72. The molecule has 0 saturated carbocycles. The first-order valence-electron chi connectivity index (χ1n) is 9.01. The maximum Gasteiger partial charge on any atom is 0.227 e. The van der Waals surface area contributed by atoms with Crippen molar-refractivity contribution >= 4 is 5.91 Å². The highest BCUT2D eigenvalue weighted by Gasteiger charge is 2.31. The summed E-state index contributed by atoms with van der Waals surface area (Å²) >= 11 is 0. The molecule has 0 N–H and O–H groups in total. The molecule has 7 nitrogen and oxygen atoms in total. The number of aryl methyl sites for hydroxylation is 3. The van der Waals surface area contributed by atoms with Crippen molar-refractivity contribution in [2.45, 2.75) is 66.5 Å². The first-order valence-corrected chi connectivity index (χ1v) is 9.01. The highest BCUT2D eigenvalue weighted by molar-refractivity contribution is 5.79. The van der Waals surface area contributed by atoms with E-state index in [1.165, 1.54) is 0 Å². The van der Waals surface area contributed by atoms with Gasteiger partial charge in [0.05, 0.1) is 24.7 Å². The van der Waals surface area contributed by atoms with Crippen molar-refractivity contribution in [3.05, 3.63) is 28.7 Å². The monoisotopic (exact) mass is 345 g/mol. The van der Waals surface area contributed by atoms with Gasteiger partial charge in [-0.05, 0) is 33.1 Å². The fraction of sp³-hybridized carbons (Fsp3) is 0.667. The lowest BCUT2D eigenvalue weighted by Gasteiger charge is -2.33. The molecule has 25 heavy (non-hydrogen) atoms. The lowest BCUT2D eigenvalue weighted by molar-refractivity contribution is -0.133. The first kappa shape index (κ1) is 17.6. The SMILES string of the molecule is Cc1noc(C)c1CC(=O)N1CCn2nc(CCC(C)C)nc2[C@H]1C. The van der Waals surface area contributed by atoms with Gasteiger partial charge in [-0.2, -0.15) is 5.10 Å². The van der Waals surface area contributed by atoms with Crippen LogP contribution in [0.5, 0.6) is 0 Å². The molecule has 2 aromatic rings. The second-order valence-electron chi connectivity index (χ2n) is 7.28. The van der Waals surface area contributed by atoms with Crippen molar-refractivity contribution in [1.82, 2.24) is 24.8 Å². The largest absolute Gasteiger partial charge is 0.361 e. The number of carbonyl (C=O) groups excluding carboxylic acids is 1. The second kappa shape index (κ2) is 6.98. The fourth-order valence-electron chi connectivity index (χ4n) is 3.28. The molecule has 0 unspecified atom stereocenters. The van der Waals surface area contributed by atoms with E-state index in [9.17, 15) is 4.79 Å². The molecule has 136 valence electrons. The molecule has 2 aromatic heterocycles. The molecule has 0 fully saturated rings. The summed E-state index contributed by atoms with van der Waals surface area (Å²) < 4.78 is 7.13. The van der Waals surface area contributed by atoms with Crippen LogP contribution in [0.15, 0.2) is 4.52 Å². The van der Waals surface area contributed by atoms with Gasteiger partial charge < -0.3 is 9.42 Å². The molecular formula is C18H27N5O2. The normalized spacial score (nSPS) is 17.2. The standard InChI is InChI=1S/C18H27N5O2/c1-11(2)6-7-16-19-18-13(4)22(8-9-23(18)20-16)17(24)10-15-12(3)21-25-14(15)5/h11,13H,6-10H2,1-5H3/t13-/m1/s1. The molecule has 0 aromatic carbocycles. The Labute approximate surface area is 148 Å². The fourth-order valence-corrected chi connectivity index (χ4v) is 3.28. The van der Waals surface area contributed by atoms with E-state index in [1.54, 1.807) is 0 Å². The smallest absolute Gasteiger partial charge is 0.227 e. The van der Waals surface area contributed by atoms with Gasteiger partial charge in [0.2, 0.25) is 5.91 Å². The predicted molar refractivity (Wildman–Crippen MR) is 93.0 cm³/mol. The lowest BCUT2D eigenvalue weighted by atomic mass is 10.1. The Morgan fingerprint density at radius 3 is 2.72 bits per heavy atom. The summed E-state index contributed by atoms with van der Waals surface area (Å²) in [6, 6.07) is -0.0676. The van der Waals surface area contributed by atoms with Crippen LogP contribution in [0.25, 0.3) is 0 Å². The number of hydrogen-bond acceptors (Lipinski definition) is 5. The number of nitrogens with zero attached hydrogens (tertiary/aromatic N) is 5. The van der Waals surface area contributed by atoms with E-state index in [0.29, 0.717) is 25.4 Å². The van der Waals surface area contributed by atoms with Gasteiger partial charge in [-0.3, -0.25) is 4.79 Å². The van der Waals surface area contributed by atoms with Gasteiger partial charge in [0, 0.05) is 18.5 Å². The highest BCUT2D eigenvalue weighted by Crippen LogP contribution is 2.25. The predicted octanol–water partition coefficient (Wildman–Crippen LogP) is 2.62. The van der Waals surface area contributed by atoms with E-state index in [-0.39, 0.29) is 11.9 Å². The molecule has 3 rings (SSSR count). The number of rotatable bonds is 5. The number of hydrogen-bond donors (Lipinski definition) is 0. The van der Waals surface area contributed by atoms with Gasteiger partial charge in [-0.25, -0.2) is 9.67 Å². The quantitative estimate of drug-likeness (QED) is 0.832. The van der Waals surface area contributed by atoms with Gasteiger partial charge in [-0.15, -0.1) is 0 Å². The zero-order valence-corrected chi connectivity index (χ0v) is 15.7. The molecule has 0 radical (unpaired) electrons. The van der Waals surface area contributed by atoms with Crippen LogP contribution in [0.4, 0.5) is 0 Å². The Morgan fingerprint density at radius 2 is 2.08 bits per heavy atom. The Kier molecular flexibility index (Phi) is 4.92. The summed E-state index contributed by atoms with van der Waals surface area (Å²) in [5.74, 6) is 3.20. The van der Waals surface area contributed by atoms with Crippen molar-refractivity contribution in [2.24, 2.45) is 5.92 Å². The summed E-state index contributed by atoms with van der Waals surface area (Å²) in [5.41, 5.74) is 1.68. The number of amides is 1. The summed E-state index contributed by atoms with van der Waals surface area (Å²) in [5, 5.41) is 8.55. The van der Waals surface area contributed by atoms with Crippen LogP contribution in [-0.4, -0.2) is 37.3 Å². The zero-order valence-electron chi connectivity index (χ0n) is 15.7. The van der Waals surface area contributed by atoms with Crippen molar-refractivity contribution < 1.29 is 9.32 Å². The molecule has 3 heterocycles. The minimum absolute atomic E-state index is 0.0676. The van der Waals surface area contributed by atoms with Crippen LogP contribution < -0.4 is 0 Å². The minimum atomic E-state index is -0.0676. The lowest BCUT2D eigenvalue weighted by Crippen LogP contribution is -2.42. The Morgan fingerprint density at radius 1 is 1.32 bits per heavy atom. The van der Waals surface area contributed by atoms with E-state index >= 15 is 0 Å². The summed E-state index contributed by atoms with van der Waals surface area (Å²) in [4.78, 5) is 19.4. The van der Waals surface area contributed by atoms with Gasteiger partial charge in [-0.1, -0.05) is 19.0 Å². The van der Waals surface area contributed by atoms with Gasteiger partial charge in [0.1, 0.15) is 11.6 Å². The first-order chi connectivity index (χ1) is 11.9. The molecule has 1 aliphatic heterocycles. The van der Waals surface area contributed by atoms with Crippen LogP contribution in [0.3, 0.4) is 0 Å². The van der Waals surface area contributed by atoms with Crippen LogP contribution in [0, 0.1) is 19.8 Å². The molecule has 7 heteroatoms. The Hall–Kier alpha value is -2.18. The molecule has 1 aliphatic rings. The van der Waals surface area contributed by atoms with E-state index in [4.69, 9.17) is 9.51 Å². The molecule has 0 saturated heterocycles. The van der Waals surface area contributed by atoms with Crippen LogP contribution in [-0.2, 0) is 24.2 Å². The van der Waals surface area contributed by atoms with Gasteiger partial charge >= 0.3 is 0 Å². The molecule has 0 aliphatic carbocycles. The van der Waals surface area contributed by atoms with Gasteiger partial charge in [0.15, 0.2) is 5.82 Å². The summed E-state index contributed by atoms with van der Waals surface area (Å²) in [6.07, 6.45) is 2.28. The van der Waals surface area contributed by atoms with E-state index in [1.807, 2.05) is 30.4 Å². The summed E-state index contributed by atoms with van der Waals surface area (Å²) in [7, 11) is 0. The summed E-state index contributed by atoms with van der Waals surface area (Å²) in [6.45, 7) is 11.5. The van der Waals surface area contributed by atoms with Crippen LogP contribution >= 0.6 is 0 Å². The number of aromatic nitrogens is 4. The van der Waals surface area contributed by atoms with Crippen molar-refractivity contribution in [3.8, 4) is 0 Å². The third-order valence-electron chi connectivity index (χ3n) is 4.91. The van der Waals surface area contributed by atoms with Crippen molar-refractivity contribution in [2.75, 3.05) is 6.54 Å². The Bertz CT molecular complexity index is 742. The van der Waals surface area contributed by atoms with Crippen LogP contribution in [0.1, 0.15) is 61.9 Å². The van der Waals surface area contributed by atoms with Crippen LogP contribution in [0.2, 0.25) is 0 Å². The third kappa shape index (κ3) is 3.60. The average Bonchev–Trinajstić information content (AvgIpc) is 3.12. The molecule has 1 amide bonds. The van der Waals surface area contributed by atoms with Gasteiger partial charge in [0.25, 0.3) is 0 Å². The molecular weight excluding hydrogens is 318 g/mol. The third-order valence-corrected chi connectivity index (χ3v) is 4.91. The highest BCUT2D eigenvalue weighted by atomic mass is 16.5. The topological polar surface area (TPSA) is 77.0 Å². The second-order valence-corrected chi connectivity index (χ2v) is 7.28. The van der Waals surface area contributed by atoms with Crippen molar-refractivity contribution in [3.63, 3.8) is 0 Å².